The van der Waals surface area contributed by atoms with Gasteiger partial charge in [0.2, 0.25) is 0 Å². The summed E-state index contributed by atoms with van der Waals surface area (Å²) in [4.78, 5) is 8.97. The molecule has 0 atom stereocenters. The van der Waals surface area contributed by atoms with Crippen LogP contribution in [-0.2, 0) is 12.8 Å². The Bertz CT molecular complexity index is 1140. The molecule has 4 aromatic rings. The topological polar surface area (TPSA) is 81.3 Å². The normalized spacial score (nSPS) is 11.2. The summed E-state index contributed by atoms with van der Waals surface area (Å²) in [6.07, 6.45) is 3.59. The van der Waals surface area contributed by atoms with Gasteiger partial charge in [-0.2, -0.15) is 0 Å². The van der Waals surface area contributed by atoms with Crippen molar-refractivity contribution in [3.63, 3.8) is 0 Å². The molecule has 2 aromatic heterocycles. The van der Waals surface area contributed by atoms with Crippen molar-refractivity contribution >= 4 is 27.6 Å². The molecule has 2 aromatic carbocycles. The Morgan fingerprint density at radius 1 is 1.04 bits per heavy atom. The van der Waals surface area contributed by atoms with Crippen LogP contribution in [0.5, 0.6) is 5.75 Å². The van der Waals surface area contributed by atoms with Crippen molar-refractivity contribution < 1.29 is 9.84 Å². The molecule has 0 spiro atoms. The number of rotatable bonds is 6. The van der Waals surface area contributed by atoms with Crippen LogP contribution in [0.1, 0.15) is 16.7 Å². The molecule has 3 N–H and O–H groups in total. The van der Waals surface area contributed by atoms with Crippen molar-refractivity contribution in [3.8, 4) is 5.75 Å². The molecule has 0 fully saturated rings. The standard InChI is InChI=1S/C23H23N3O2/c1-15-14-18(28-13-12-27)9-8-16(15)6-7-17-10-11-25-22-21(17)19-4-2-3-5-20(19)26-23(22)24/h2-5,8-11,14,27H,6-7,12-13H2,1H3,(H2,24,26). The number of para-hydroxylation sites is 1. The summed E-state index contributed by atoms with van der Waals surface area (Å²) in [5.41, 5.74) is 11.5. The van der Waals surface area contributed by atoms with E-state index >= 15 is 0 Å². The number of fused-ring (bicyclic) bond motifs is 3. The molecule has 0 bridgehead atoms. The van der Waals surface area contributed by atoms with Gasteiger partial charge in [0, 0.05) is 17.0 Å². The number of aliphatic hydroxyl groups excluding tert-OH is 1. The van der Waals surface area contributed by atoms with E-state index in [1.807, 2.05) is 36.5 Å². The highest BCUT2D eigenvalue weighted by Crippen LogP contribution is 2.30. The number of nitrogen functional groups attached to an aromatic ring is 1. The zero-order valence-electron chi connectivity index (χ0n) is 15.9. The maximum Gasteiger partial charge on any atom is 0.150 e. The Kier molecular flexibility index (Phi) is 5.08. The minimum absolute atomic E-state index is 0.0157. The predicted molar refractivity (Wildman–Crippen MR) is 113 cm³/mol. The smallest absolute Gasteiger partial charge is 0.150 e. The zero-order valence-corrected chi connectivity index (χ0v) is 15.9. The van der Waals surface area contributed by atoms with E-state index < -0.39 is 0 Å². The number of hydrogen-bond donors (Lipinski definition) is 2. The van der Waals surface area contributed by atoms with Crippen LogP contribution < -0.4 is 10.5 Å². The second-order valence-corrected chi connectivity index (χ2v) is 6.87. The molecular formula is C23H23N3O2. The third-order valence-corrected chi connectivity index (χ3v) is 5.03. The van der Waals surface area contributed by atoms with E-state index in [2.05, 4.69) is 35.1 Å². The molecule has 5 heteroatoms. The Morgan fingerprint density at radius 3 is 2.68 bits per heavy atom. The van der Waals surface area contributed by atoms with Gasteiger partial charge >= 0.3 is 0 Å². The Labute approximate surface area is 163 Å². The molecule has 0 aliphatic heterocycles. The average Bonchev–Trinajstić information content (AvgIpc) is 2.71. The van der Waals surface area contributed by atoms with Gasteiger partial charge in [0.25, 0.3) is 0 Å². The van der Waals surface area contributed by atoms with Gasteiger partial charge in [-0.25, -0.2) is 4.98 Å². The fourth-order valence-electron chi connectivity index (χ4n) is 3.64. The number of benzene rings is 2. The van der Waals surface area contributed by atoms with E-state index in [9.17, 15) is 0 Å². The molecule has 0 unspecified atom stereocenters. The number of aryl methyl sites for hydroxylation is 3. The van der Waals surface area contributed by atoms with Crippen LogP contribution in [0, 0.1) is 6.92 Å². The zero-order chi connectivity index (χ0) is 19.5. The first-order valence-corrected chi connectivity index (χ1v) is 9.42. The van der Waals surface area contributed by atoms with E-state index in [1.165, 1.54) is 16.7 Å². The van der Waals surface area contributed by atoms with Gasteiger partial charge in [-0.3, -0.25) is 4.98 Å². The van der Waals surface area contributed by atoms with Crippen LogP contribution >= 0.6 is 0 Å². The van der Waals surface area contributed by atoms with Gasteiger partial charge in [0.1, 0.15) is 17.9 Å². The van der Waals surface area contributed by atoms with Gasteiger partial charge in [0.05, 0.1) is 12.1 Å². The number of nitrogens with two attached hydrogens (primary N) is 1. The molecule has 4 rings (SSSR count). The lowest BCUT2D eigenvalue weighted by Gasteiger charge is -2.12. The van der Waals surface area contributed by atoms with E-state index in [-0.39, 0.29) is 6.61 Å². The molecule has 5 nitrogen and oxygen atoms in total. The quantitative estimate of drug-likeness (QED) is 0.502. The van der Waals surface area contributed by atoms with E-state index in [0.717, 1.165) is 40.4 Å². The third-order valence-electron chi connectivity index (χ3n) is 5.03. The Hall–Kier alpha value is -3.18. The maximum absolute atomic E-state index is 8.90. The lowest BCUT2D eigenvalue weighted by atomic mass is 9.97. The SMILES string of the molecule is Cc1cc(OCCO)ccc1CCc1ccnc2c(N)nc3ccccc3c12. The van der Waals surface area contributed by atoms with Crippen LogP contribution in [-0.4, -0.2) is 28.3 Å². The van der Waals surface area contributed by atoms with Crippen LogP contribution in [0.3, 0.4) is 0 Å². The number of pyridine rings is 2. The first kappa shape index (κ1) is 18.2. The summed E-state index contributed by atoms with van der Waals surface area (Å²) in [5, 5.41) is 11.1. The molecule has 0 aliphatic carbocycles. The number of anilines is 1. The van der Waals surface area contributed by atoms with Gasteiger partial charge in [-0.05, 0) is 60.7 Å². The summed E-state index contributed by atoms with van der Waals surface area (Å²) in [5.74, 6) is 1.26. The summed E-state index contributed by atoms with van der Waals surface area (Å²) in [6.45, 7) is 2.41. The molecule has 0 amide bonds. The second kappa shape index (κ2) is 7.82. The maximum atomic E-state index is 8.90. The molecule has 2 heterocycles. The Balaban J connectivity index is 1.67. The minimum Gasteiger partial charge on any atom is -0.491 e. The fourth-order valence-corrected chi connectivity index (χ4v) is 3.64. The second-order valence-electron chi connectivity index (χ2n) is 6.87. The molecule has 142 valence electrons. The molecule has 0 saturated heterocycles. The molecule has 0 radical (unpaired) electrons. The lowest BCUT2D eigenvalue weighted by Crippen LogP contribution is -2.03. The average molecular weight is 373 g/mol. The van der Waals surface area contributed by atoms with Crippen molar-refractivity contribution in [1.29, 1.82) is 0 Å². The van der Waals surface area contributed by atoms with Gasteiger partial charge in [-0.15, -0.1) is 0 Å². The largest absolute Gasteiger partial charge is 0.491 e. The van der Waals surface area contributed by atoms with Crippen LogP contribution in [0.25, 0.3) is 21.8 Å². The fraction of sp³-hybridized carbons (Fsp3) is 0.217. The highest BCUT2D eigenvalue weighted by Gasteiger charge is 2.12. The lowest BCUT2D eigenvalue weighted by molar-refractivity contribution is 0.201. The number of aliphatic hydroxyl groups is 1. The predicted octanol–water partition coefficient (Wildman–Crippen LogP) is 3.83. The van der Waals surface area contributed by atoms with Crippen LogP contribution in [0.4, 0.5) is 5.82 Å². The van der Waals surface area contributed by atoms with Crippen molar-refractivity contribution in [3.05, 3.63) is 71.4 Å². The highest BCUT2D eigenvalue weighted by atomic mass is 16.5. The monoisotopic (exact) mass is 373 g/mol. The third kappa shape index (κ3) is 3.49. The van der Waals surface area contributed by atoms with E-state index in [4.69, 9.17) is 15.6 Å². The summed E-state index contributed by atoms with van der Waals surface area (Å²) in [6, 6.07) is 16.2. The van der Waals surface area contributed by atoms with Crippen molar-refractivity contribution in [2.75, 3.05) is 18.9 Å². The van der Waals surface area contributed by atoms with E-state index in [0.29, 0.717) is 12.4 Å². The minimum atomic E-state index is 0.0157. The first-order valence-electron chi connectivity index (χ1n) is 9.42. The van der Waals surface area contributed by atoms with Gasteiger partial charge in [-0.1, -0.05) is 24.3 Å². The van der Waals surface area contributed by atoms with Crippen molar-refractivity contribution in [2.24, 2.45) is 0 Å². The van der Waals surface area contributed by atoms with Gasteiger partial charge < -0.3 is 15.6 Å². The highest BCUT2D eigenvalue weighted by molar-refractivity contribution is 6.09. The molecule has 0 saturated carbocycles. The Morgan fingerprint density at radius 2 is 1.86 bits per heavy atom. The molecule has 0 aliphatic rings. The van der Waals surface area contributed by atoms with Crippen LogP contribution in [0.15, 0.2) is 54.7 Å². The van der Waals surface area contributed by atoms with Crippen LogP contribution in [0.2, 0.25) is 0 Å². The summed E-state index contributed by atoms with van der Waals surface area (Å²) < 4.78 is 5.49. The van der Waals surface area contributed by atoms with Crippen molar-refractivity contribution in [2.45, 2.75) is 19.8 Å². The first-order chi connectivity index (χ1) is 13.7. The summed E-state index contributed by atoms with van der Waals surface area (Å²) in [7, 11) is 0. The van der Waals surface area contributed by atoms with Crippen molar-refractivity contribution in [1.82, 2.24) is 9.97 Å². The molecule has 28 heavy (non-hydrogen) atoms. The summed E-state index contributed by atoms with van der Waals surface area (Å²) >= 11 is 0. The number of ether oxygens (including phenoxy) is 1. The molecular weight excluding hydrogens is 350 g/mol. The van der Waals surface area contributed by atoms with Gasteiger partial charge in [0.15, 0.2) is 5.82 Å². The number of aromatic nitrogens is 2. The van der Waals surface area contributed by atoms with E-state index in [1.54, 1.807) is 0 Å². The number of nitrogens with zero attached hydrogens (tertiary/aromatic N) is 2. The number of hydrogen-bond acceptors (Lipinski definition) is 5.